The predicted molar refractivity (Wildman–Crippen MR) is 71.1 cm³/mol. The lowest BCUT2D eigenvalue weighted by Crippen LogP contribution is -2.31. The Morgan fingerprint density at radius 1 is 1.37 bits per heavy atom. The SMILES string of the molecule is CCOC(=O)/C(=N\O[C@@H]1CCCC[C@H]1F)C(=O)CBr. The van der Waals surface area contributed by atoms with E-state index in [4.69, 9.17) is 9.57 Å². The van der Waals surface area contributed by atoms with Gasteiger partial charge in [-0.1, -0.05) is 27.5 Å². The smallest absolute Gasteiger partial charge is 0.364 e. The van der Waals surface area contributed by atoms with Crippen molar-refractivity contribution in [2.75, 3.05) is 11.9 Å². The zero-order chi connectivity index (χ0) is 14.3. The Balaban J connectivity index is 2.70. The van der Waals surface area contributed by atoms with Gasteiger partial charge in [-0.15, -0.1) is 0 Å². The molecule has 1 rings (SSSR count). The van der Waals surface area contributed by atoms with Gasteiger partial charge in [0.25, 0.3) is 0 Å². The number of oxime groups is 1. The van der Waals surface area contributed by atoms with Crippen molar-refractivity contribution in [3.05, 3.63) is 0 Å². The normalized spacial score (nSPS) is 23.8. The minimum absolute atomic E-state index is 0.0717. The Morgan fingerprint density at radius 3 is 2.63 bits per heavy atom. The number of Topliss-reactive ketones (excluding diaryl/α,β-unsaturated/α-hetero) is 1. The first kappa shape index (κ1) is 16.1. The largest absolute Gasteiger partial charge is 0.461 e. The van der Waals surface area contributed by atoms with Gasteiger partial charge >= 0.3 is 5.97 Å². The maximum absolute atomic E-state index is 13.5. The van der Waals surface area contributed by atoms with Gasteiger partial charge in [0.1, 0.15) is 6.17 Å². The summed E-state index contributed by atoms with van der Waals surface area (Å²) in [7, 11) is 0. The summed E-state index contributed by atoms with van der Waals surface area (Å²) in [5.41, 5.74) is -0.434. The van der Waals surface area contributed by atoms with Crippen LogP contribution in [0.25, 0.3) is 0 Å². The van der Waals surface area contributed by atoms with E-state index in [9.17, 15) is 14.0 Å². The van der Waals surface area contributed by atoms with Gasteiger partial charge in [-0.3, -0.25) is 4.79 Å². The highest BCUT2D eigenvalue weighted by atomic mass is 79.9. The molecule has 0 saturated heterocycles. The van der Waals surface area contributed by atoms with Crippen molar-refractivity contribution in [2.24, 2.45) is 5.16 Å². The standard InChI is InChI=1S/C12H17BrFNO4/c1-2-18-12(17)11(9(16)7-13)15-19-10-6-4-3-5-8(10)14/h8,10H,2-7H2,1H3/b15-11-/t8-,10-/m1/s1. The number of ether oxygens (including phenoxy) is 1. The summed E-state index contributed by atoms with van der Waals surface area (Å²) in [5, 5.41) is 3.44. The van der Waals surface area contributed by atoms with E-state index in [0.29, 0.717) is 12.8 Å². The van der Waals surface area contributed by atoms with Gasteiger partial charge in [-0.2, -0.15) is 0 Å². The second-order valence-electron chi connectivity index (χ2n) is 4.16. The minimum Gasteiger partial charge on any atom is -0.461 e. The molecule has 19 heavy (non-hydrogen) atoms. The highest BCUT2D eigenvalue weighted by Gasteiger charge is 2.28. The van der Waals surface area contributed by atoms with E-state index in [0.717, 1.165) is 12.8 Å². The van der Waals surface area contributed by atoms with Gasteiger partial charge in [0.2, 0.25) is 11.5 Å². The fraction of sp³-hybridized carbons (Fsp3) is 0.750. The summed E-state index contributed by atoms with van der Waals surface area (Å²) in [6.45, 7) is 1.75. The van der Waals surface area contributed by atoms with Crippen molar-refractivity contribution in [3.63, 3.8) is 0 Å². The van der Waals surface area contributed by atoms with E-state index in [1.54, 1.807) is 6.92 Å². The molecule has 1 saturated carbocycles. The Labute approximate surface area is 119 Å². The molecule has 0 aliphatic heterocycles. The topological polar surface area (TPSA) is 65.0 Å². The summed E-state index contributed by atoms with van der Waals surface area (Å²) in [4.78, 5) is 28.1. The minimum atomic E-state index is -1.11. The average Bonchev–Trinajstić information content (AvgIpc) is 2.41. The van der Waals surface area contributed by atoms with Crippen LogP contribution in [0.15, 0.2) is 5.16 Å². The van der Waals surface area contributed by atoms with Crippen molar-refractivity contribution >= 4 is 33.4 Å². The molecule has 5 nitrogen and oxygen atoms in total. The third-order valence-electron chi connectivity index (χ3n) is 2.76. The second-order valence-corrected chi connectivity index (χ2v) is 4.72. The molecular weight excluding hydrogens is 321 g/mol. The fourth-order valence-electron chi connectivity index (χ4n) is 1.76. The zero-order valence-electron chi connectivity index (χ0n) is 10.7. The number of carbonyl (C=O) groups excluding carboxylic acids is 2. The molecule has 0 N–H and O–H groups in total. The van der Waals surface area contributed by atoms with Gasteiger partial charge in [-0.05, 0) is 26.2 Å². The highest BCUT2D eigenvalue weighted by Crippen LogP contribution is 2.23. The molecule has 108 valence electrons. The third-order valence-corrected chi connectivity index (χ3v) is 3.26. The van der Waals surface area contributed by atoms with E-state index in [1.807, 2.05) is 0 Å². The van der Waals surface area contributed by atoms with E-state index in [2.05, 4.69) is 21.1 Å². The second kappa shape index (κ2) is 8.24. The number of nitrogens with zero attached hydrogens (tertiary/aromatic N) is 1. The number of halogens is 2. The Hall–Kier alpha value is -0.980. The molecular formula is C12H17BrFNO4. The van der Waals surface area contributed by atoms with Gasteiger partial charge in [0.05, 0.1) is 11.9 Å². The average molecular weight is 338 g/mol. The molecule has 0 amide bonds. The number of rotatable bonds is 6. The number of hydrogen-bond acceptors (Lipinski definition) is 5. The molecule has 0 aromatic rings. The number of hydrogen-bond donors (Lipinski definition) is 0. The van der Waals surface area contributed by atoms with Gasteiger partial charge < -0.3 is 9.57 Å². The van der Waals surface area contributed by atoms with Crippen LogP contribution in [0.5, 0.6) is 0 Å². The van der Waals surface area contributed by atoms with Crippen LogP contribution in [0.3, 0.4) is 0 Å². The number of ketones is 1. The summed E-state index contributed by atoms with van der Waals surface area (Å²) in [6.07, 6.45) is 0.809. The maximum Gasteiger partial charge on any atom is 0.364 e. The number of alkyl halides is 2. The van der Waals surface area contributed by atoms with Crippen LogP contribution in [0, 0.1) is 0 Å². The Kier molecular flexibility index (Phi) is 6.97. The van der Waals surface area contributed by atoms with Crippen molar-refractivity contribution in [1.29, 1.82) is 0 Å². The molecule has 0 radical (unpaired) electrons. The van der Waals surface area contributed by atoms with Crippen molar-refractivity contribution in [1.82, 2.24) is 0 Å². The first-order valence-electron chi connectivity index (χ1n) is 6.24. The molecule has 0 bridgehead atoms. The van der Waals surface area contributed by atoms with Crippen molar-refractivity contribution in [3.8, 4) is 0 Å². The molecule has 0 aromatic heterocycles. The molecule has 0 unspecified atom stereocenters. The molecule has 1 aliphatic carbocycles. The van der Waals surface area contributed by atoms with Crippen molar-refractivity contribution in [2.45, 2.75) is 44.9 Å². The van der Waals surface area contributed by atoms with Crippen LogP contribution < -0.4 is 0 Å². The molecule has 1 fully saturated rings. The lowest BCUT2D eigenvalue weighted by atomic mass is 9.96. The first-order chi connectivity index (χ1) is 9.10. The summed E-state index contributed by atoms with van der Waals surface area (Å²) in [6, 6.07) is 0. The predicted octanol–water partition coefficient (Wildman–Crippen LogP) is 2.17. The lowest BCUT2D eigenvalue weighted by molar-refractivity contribution is -0.136. The van der Waals surface area contributed by atoms with Gasteiger partial charge in [0.15, 0.2) is 6.10 Å². The van der Waals surface area contributed by atoms with Gasteiger partial charge in [0, 0.05) is 0 Å². The monoisotopic (exact) mass is 337 g/mol. The maximum atomic E-state index is 13.5. The van der Waals surface area contributed by atoms with Crippen molar-refractivity contribution < 1.29 is 23.6 Å². The van der Waals surface area contributed by atoms with Crippen LogP contribution in [0.2, 0.25) is 0 Å². The number of esters is 1. The van der Waals surface area contributed by atoms with E-state index in [-0.39, 0.29) is 11.9 Å². The molecule has 0 spiro atoms. The lowest BCUT2D eigenvalue weighted by Gasteiger charge is -2.23. The molecule has 0 aromatic carbocycles. The molecule has 1 aliphatic rings. The fourth-order valence-corrected chi connectivity index (χ4v) is 2.02. The van der Waals surface area contributed by atoms with E-state index < -0.39 is 29.7 Å². The highest BCUT2D eigenvalue weighted by molar-refractivity contribution is 9.09. The van der Waals surface area contributed by atoms with Crippen LogP contribution in [0.1, 0.15) is 32.6 Å². The summed E-state index contributed by atoms with van der Waals surface area (Å²) < 4.78 is 18.2. The Bertz CT molecular complexity index is 362. The third kappa shape index (κ3) is 4.89. The quantitative estimate of drug-likeness (QED) is 0.245. The Morgan fingerprint density at radius 2 is 2.05 bits per heavy atom. The van der Waals surface area contributed by atoms with Gasteiger partial charge in [-0.25, -0.2) is 9.18 Å². The van der Waals surface area contributed by atoms with Crippen LogP contribution >= 0.6 is 15.9 Å². The summed E-state index contributed by atoms with van der Waals surface area (Å²) in [5.74, 6) is -1.40. The first-order valence-corrected chi connectivity index (χ1v) is 7.36. The summed E-state index contributed by atoms with van der Waals surface area (Å²) >= 11 is 2.94. The number of carbonyl (C=O) groups is 2. The van der Waals surface area contributed by atoms with Crippen LogP contribution in [-0.4, -0.2) is 41.7 Å². The molecule has 7 heteroatoms. The molecule has 2 atom stereocenters. The van der Waals surface area contributed by atoms with E-state index >= 15 is 0 Å². The van der Waals surface area contributed by atoms with E-state index in [1.165, 1.54) is 0 Å². The van der Waals surface area contributed by atoms with Crippen LogP contribution in [-0.2, 0) is 19.2 Å². The van der Waals surface area contributed by atoms with Crippen LogP contribution in [0.4, 0.5) is 4.39 Å². The zero-order valence-corrected chi connectivity index (χ0v) is 12.3. The molecule has 0 heterocycles.